The number of nitrogens with one attached hydrogen (secondary N) is 1. The molecule has 6 nitrogen and oxygen atoms in total. The molecule has 0 saturated carbocycles. The Kier molecular flexibility index (Phi) is 5.29. The molecule has 0 radical (unpaired) electrons. The number of carbonyl (C=O) groups excluding carboxylic acids is 1. The Morgan fingerprint density at radius 1 is 1.42 bits per heavy atom. The topological polar surface area (TPSA) is 81.5 Å². The zero-order chi connectivity index (χ0) is 14.4. The molecule has 0 heterocycles. The number of hydrogen-bond acceptors (Lipinski definition) is 4. The van der Waals surface area contributed by atoms with Gasteiger partial charge in [0.15, 0.2) is 11.9 Å². The number of hydrogen-bond donors (Lipinski definition) is 1. The van der Waals surface area contributed by atoms with Gasteiger partial charge in [0.1, 0.15) is 0 Å². The Morgan fingerprint density at radius 3 is 2.63 bits per heavy atom. The standard InChI is InChI=1S/C13H18N2O4/c1-4-9(2)14-13(16)10(3)19-12-8-6-5-7-11(12)15(17)18/h5-10H,4H2,1-3H3,(H,14,16). The molecular weight excluding hydrogens is 248 g/mol. The molecule has 1 amide bonds. The average Bonchev–Trinajstić information content (AvgIpc) is 2.38. The lowest BCUT2D eigenvalue weighted by Gasteiger charge is -2.17. The summed E-state index contributed by atoms with van der Waals surface area (Å²) in [7, 11) is 0. The summed E-state index contributed by atoms with van der Waals surface area (Å²) >= 11 is 0. The number of nitro groups is 1. The van der Waals surface area contributed by atoms with E-state index in [-0.39, 0.29) is 23.4 Å². The van der Waals surface area contributed by atoms with Crippen LogP contribution < -0.4 is 10.1 Å². The van der Waals surface area contributed by atoms with E-state index >= 15 is 0 Å². The van der Waals surface area contributed by atoms with Crippen molar-refractivity contribution < 1.29 is 14.5 Å². The van der Waals surface area contributed by atoms with Gasteiger partial charge < -0.3 is 10.1 Å². The SMILES string of the molecule is CCC(C)NC(=O)C(C)Oc1ccccc1[N+](=O)[O-]. The van der Waals surface area contributed by atoms with E-state index in [0.29, 0.717) is 0 Å². The van der Waals surface area contributed by atoms with Gasteiger partial charge >= 0.3 is 5.69 Å². The highest BCUT2D eigenvalue weighted by molar-refractivity contribution is 5.81. The Bertz CT molecular complexity index is 462. The second-order valence-corrected chi connectivity index (χ2v) is 4.30. The molecule has 6 heteroatoms. The van der Waals surface area contributed by atoms with Crippen molar-refractivity contribution in [2.45, 2.75) is 39.3 Å². The molecule has 0 aliphatic carbocycles. The Labute approximate surface area is 111 Å². The van der Waals surface area contributed by atoms with Crippen LogP contribution in [-0.2, 0) is 4.79 Å². The molecule has 0 aliphatic heterocycles. The summed E-state index contributed by atoms with van der Waals surface area (Å²) in [6.45, 7) is 5.41. The third-order valence-electron chi connectivity index (χ3n) is 2.74. The minimum atomic E-state index is -0.782. The summed E-state index contributed by atoms with van der Waals surface area (Å²) in [6.07, 6.45) is 0.0272. The zero-order valence-corrected chi connectivity index (χ0v) is 11.3. The van der Waals surface area contributed by atoms with Crippen molar-refractivity contribution in [3.63, 3.8) is 0 Å². The Hall–Kier alpha value is -2.11. The van der Waals surface area contributed by atoms with Gasteiger partial charge in [-0.25, -0.2) is 0 Å². The van der Waals surface area contributed by atoms with Crippen LogP contribution in [0.2, 0.25) is 0 Å². The summed E-state index contributed by atoms with van der Waals surface area (Å²) in [5, 5.41) is 13.6. The number of ether oxygens (including phenoxy) is 1. The smallest absolute Gasteiger partial charge is 0.310 e. The van der Waals surface area contributed by atoms with Gasteiger partial charge in [-0.15, -0.1) is 0 Å². The number of amides is 1. The van der Waals surface area contributed by atoms with Crippen molar-refractivity contribution in [2.75, 3.05) is 0 Å². The zero-order valence-electron chi connectivity index (χ0n) is 11.3. The second kappa shape index (κ2) is 6.72. The molecule has 0 aromatic heterocycles. The third-order valence-corrected chi connectivity index (χ3v) is 2.74. The number of rotatable bonds is 6. The van der Waals surface area contributed by atoms with Crippen LogP contribution in [0.3, 0.4) is 0 Å². The molecule has 0 bridgehead atoms. The van der Waals surface area contributed by atoms with Crippen LogP contribution in [0.4, 0.5) is 5.69 Å². The lowest BCUT2D eigenvalue weighted by molar-refractivity contribution is -0.386. The summed E-state index contributed by atoms with van der Waals surface area (Å²) in [5.74, 6) is -0.188. The van der Waals surface area contributed by atoms with Crippen LogP contribution in [0, 0.1) is 10.1 Å². The van der Waals surface area contributed by atoms with Gasteiger partial charge in [-0.05, 0) is 26.3 Å². The monoisotopic (exact) mass is 266 g/mol. The maximum Gasteiger partial charge on any atom is 0.310 e. The molecule has 2 unspecified atom stereocenters. The van der Waals surface area contributed by atoms with Gasteiger partial charge in [-0.2, -0.15) is 0 Å². The summed E-state index contributed by atoms with van der Waals surface area (Å²) < 4.78 is 5.36. The van der Waals surface area contributed by atoms with Crippen molar-refractivity contribution in [1.29, 1.82) is 0 Å². The number of benzene rings is 1. The Morgan fingerprint density at radius 2 is 2.05 bits per heavy atom. The first kappa shape index (κ1) is 14.9. The molecule has 1 aromatic carbocycles. The van der Waals surface area contributed by atoms with Crippen LogP contribution in [0.1, 0.15) is 27.2 Å². The number of nitrogens with zero attached hydrogens (tertiary/aromatic N) is 1. The van der Waals surface area contributed by atoms with E-state index in [1.807, 2.05) is 13.8 Å². The van der Waals surface area contributed by atoms with E-state index in [1.165, 1.54) is 12.1 Å². The van der Waals surface area contributed by atoms with Crippen LogP contribution >= 0.6 is 0 Å². The van der Waals surface area contributed by atoms with Crippen LogP contribution in [0.25, 0.3) is 0 Å². The van der Waals surface area contributed by atoms with E-state index in [9.17, 15) is 14.9 Å². The van der Waals surface area contributed by atoms with E-state index in [4.69, 9.17) is 4.74 Å². The van der Waals surface area contributed by atoms with Crippen molar-refractivity contribution in [3.05, 3.63) is 34.4 Å². The van der Waals surface area contributed by atoms with Gasteiger partial charge in [0.25, 0.3) is 5.91 Å². The van der Waals surface area contributed by atoms with Gasteiger partial charge in [0, 0.05) is 12.1 Å². The lowest BCUT2D eigenvalue weighted by Crippen LogP contribution is -2.41. The predicted molar refractivity (Wildman–Crippen MR) is 71.1 cm³/mol. The van der Waals surface area contributed by atoms with E-state index in [1.54, 1.807) is 19.1 Å². The fraction of sp³-hybridized carbons (Fsp3) is 0.462. The van der Waals surface area contributed by atoms with Crippen molar-refractivity contribution in [3.8, 4) is 5.75 Å². The molecule has 104 valence electrons. The molecule has 2 atom stereocenters. The summed E-state index contributed by atoms with van der Waals surface area (Å²) in [4.78, 5) is 22.1. The van der Waals surface area contributed by atoms with E-state index in [2.05, 4.69) is 5.32 Å². The molecule has 1 rings (SSSR count). The summed E-state index contributed by atoms with van der Waals surface area (Å²) in [6, 6.07) is 6.04. The fourth-order valence-corrected chi connectivity index (χ4v) is 1.41. The van der Waals surface area contributed by atoms with Crippen molar-refractivity contribution in [2.24, 2.45) is 0 Å². The number of para-hydroxylation sites is 2. The number of nitro benzene ring substituents is 1. The second-order valence-electron chi connectivity index (χ2n) is 4.30. The molecule has 1 aromatic rings. The predicted octanol–water partition coefficient (Wildman–Crippen LogP) is 2.28. The molecular formula is C13H18N2O4. The quantitative estimate of drug-likeness (QED) is 0.632. The van der Waals surface area contributed by atoms with Crippen LogP contribution in [-0.4, -0.2) is 23.0 Å². The first-order valence-electron chi connectivity index (χ1n) is 6.16. The highest BCUT2D eigenvalue weighted by atomic mass is 16.6. The maximum absolute atomic E-state index is 11.8. The van der Waals surface area contributed by atoms with Crippen molar-refractivity contribution in [1.82, 2.24) is 5.32 Å². The highest BCUT2D eigenvalue weighted by Gasteiger charge is 2.21. The van der Waals surface area contributed by atoms with E-state index < -0.39 is 11.0 Å². The molecule has 19 heavy (non-hydrogen) atoms. The highest BCUT2D eigenvalue weighted by Crippen LogP contribution is 2.26. The van der Waals surface area contributed by atoms with Crippen molar-refractivity contribution >= 4 is 11.6 Å². The number of carbonyl (C=O) groups is 1. The first-order chi connectivity index (χ1) is 8.95. The Balaban J connectivity index is 2.74. The van der Waals surface area contributed by atoms with Crippen LogP contribution in [0.5, 0.6) is 5.75 Å². The maximum atomic E-state index is 11.8. The normalized spacial score (nSPS) is 13.4. The minimum absolute atomic E-state index is 0.0457. The van der Waals surface area contributed by atoms with Gasteiger partial charge in [0.05, 0.1) is 4.92 Å². The lowest BCUT2D eigenvalue weighted by atomic mass is 10.2. The average molecular weight is 266 g/mol. The van der Waals surface area contributed by atoms with E-state index in [0.717, 1.165) is 6.42 Å². The largest absolute Gasteiger partial charge is 0.474 e. The fourth-order valence-electron chi connectivity index (χ4n) is 1.41. The van der Waals surface area contributed by atoms with Gasteiger partial charge in [0.2, 0.25) is 0 Å². The minimum Gasteiger partial charge on any atom is -0.474 e. The van der Waals surface area contributed by atoms with Gasteiger partial charge in [-0.3, -0.25) is 14.9 Å². The first-order valence-corrected chi connectivity index (χ1v) is 6.16. The molecule has 0 saturated heterocycles. The molecule has 1 N–H and O–H groups in total. The molecule has 0 aliphatic rings. The van der Waals surface area contributed by atoms with Gasteiger partial charge in [-0.1, -0.05) is 19.1 Å². The van der Waals surface area contributed by atoms with Crippen LogP contribution in [0.15, 0.2) is 24.3 Å². The molecule has 0 fully saturated rings. The third kappa shape index (κ3) is 4.24. The molecule has 0 spiro atoms. The summed E-state index contributed by atoms with van der Waals surface area (Å²) in [5.41, 5.74) is -0.148.